The van der Waals surface area contributed by atoms with Gasteiger partial charge in [-0.1, -0.05) is 6.07 Å². The number of ketones is 1. The summed E-state index contributed by atoms with van der Waals surface area (Å²) in [4.78, 5) is 24.0. The lowest BCUT2D eigenvalue weighted by Gasteiger charge is -2.13. The number of Topliss-reactive ketones (excluding diaryl/α,β-unsaturated/α-hetero) is 1. The quantitative estimate of drug-likeness (QED) is 0.383. The Morgan fingerprint density at radius 3 is 2.56 bits per heavy atom. The van der Waals surface area contributed by atoms with E-state index in [0.717, 1.165) is 23.2 Å². The molecule has 0 aliphatic carbocycles. The van der Waals surface area contributed by atoms with Crippen molar-refractivity contribution < 1.29 is 18.7 Å². The fourth-order valence-electron chi connectivity index (χ4n) is 3.65. The molecule has 2 aromatic carbocycles. The maximum absolute atomic E-state index is 13.1. The first-order chi connectivity index (χ1) is 15.5. The van der Waals surface area contributed by atoms with Crippen molar-refractivity contribution in [3.8, 4) is 23.0 Å². The van der Waals surface area contributed by atoms with Crippen molar-refractivity contribution in [2.75, 3.05) is 28.3 Å². The number of benzene rings is 2. The Hall–Kier alpha value is -3.71. The van der Waals surface area contributed by atoms with Crippen LogP contribution in [0.5, 0.6) is 11.5 Å². The molecule has 2 heterocycles. The monoisotopic (exact) mass is 431 g/mol. The molecule has 0 atom stereocenters. The van der Waals surface area contributed by atoms with Gasteiger partial charge in [0.05, 0.1) is 19.8 Å². The number of fused-ring (bicyclic) bond motifs is 1. The molecule has 0 bridgehead atoms. The maximum Gasteiger partial charge on any atom is 0.228 e. The van der Waals surface area contributed by atoms with Gasteiger partial charge >= 0.3 is 0 Å². The van der Waals surface area contributed by atoms with Gasteiger partial charge in [-0.25, -0.2) is 4.98 Å². The number of oxazole rings is 1. The molecule has 0 aliphatic heterocycles. The van der Waals surface area contributed by atoms with Crippen molar-refractivity contribution in [3.63, 3.8) is 0 Å². The zero-order valence-corrected chi connectivity index (χ0v) is 18.6. The summed E-state index contributed by atoms with van der Waals surface area (Å²) < 4.78 is 16.6. The molecule has 0 saturated heterocycles. The van der Waals surface area contributed by atoms with Crippen molar-refractivity contribution in [1.29, 1.82) is 0 Å². The van der Waals surface area contributed by atoms with Crippen molar-refractivity contribution in [2.24, 2.45) is 0 Å². The van der Waals surface area contributed by atoms with Gasteiger partial charge in [-0.2, -0.15) is 4.98 Å². The molecule has 4 rings (SSSR count). The van der Waals surface area contributed by atoms with Gasteiger partial charge in [0.15, 0.2) is 17.0 Å². The number of carbonyl (C=O) groups excluding carboxylic acids is 1. The third-order valence-corrected chi connectivity index (χ3v) is 5.04. The Morgan fingerprint density at radius 1 is 1.03 bits per heavy atom. The smallest absolute Gasteiger partial charge is 0.228 e. The fraction of sp³-hybridized carbons (Fsp3) is 0.240. The molecule has 0 amide bonds. The number of ether oxygens (including phenoxy) is 2. The molecule has 32 heavy (non-hydrogen) atoms. The highest BCUT2D eigenvalue weighted by Crippen LogP contribution is 2.28. The predicted octanol–water partition coefficient (Wildman–Crippen LogP) is 4.39. The lowest BCUT2D eigenvalue weighted by atomic mass is 9.98. The topological polar surface area (TPSA) is 77.7 Å². The summed E-state index contributed by atoms with van der Waals surface area (Å²) in [5.41, 5.74) is 4.44. The highest BCUT2D eigenvalue weighted by molar-refractivity contribution is 6.00. The van der Waals surface area contributed by atoms with Crippen molar-refractivity contribution >= 4 is 17.0 Å². The van der Waals surface area contributed by atoms with Crippen LogP contribution in [0.15, 0.2) is 59.1 Å². The van der Waals surface area contributed by atoms with Crippen molar-refractivity contribution in [3.05, 3.63) is 71.4 Å². The Kier molecular flexibility index (Phi) is 6.18. The number of hydrogen-bond acceptors (Lipinski definition) is 7. The predicted molar refractivity (Wildman–Crippen MR) is 122 cm³/mol. The zero-order chi connectivity index (χ0) is 22.7. The first-order valence-corrected chi connectivity index (χ1v) is 10.2. The summed E-state index contributed by atoms with van der Waals surface area (Å²) in [6, 6.07) is 14.9. The van der Waals surface area contributed by atoms with E-state index in [1.54, 1.807) is 38.6 Å². The first-order valence-electron chi connectivity index (χ1n) is 10.2. The third kappa shape index (κ3) is 4.63. The van der Waals surface area contributed by atoms with E-state index in [-0.39, 0.29) is 12.2 Å². The molecule has 0 fully saturated rings. The van der Waals surface area contributed by atoms with Gasteiger partial charge in [-0.05, 0) is 61.6 Å². The lowest BCUT2D eigenvalue weighted by molar-refractivity contribution is 0.0990. The van der Waals surface area contributed by atoms with Gasteiger partial charge in [0.1, 0.15) is 11.5 Å². The zero-order valence-electron chi connectivity index (χ0n) is 18.6. The van der Waals surface area contributed by atoms with E-state index < -0.39 is 0 Å². The average Bonchev–Trinajstić information content (AvgIpc) is 3.22. The Bertz CT molecular complexity index is 1230. The number of carbonyl (C=O) groups is 1. The Morgan fingerprint density at radius 2 is 1.84 bits per heavy atom. The van der Waals surface area contributed by atoms with Crippen LogP contribution >= 0.6 is 0 Å². The lowest BCUT2D eigenvalue weighted by Crippen LogP contribution is -2.12. The van der Waals surface area contributed by atoms with E-state index in [4.69, 9.17) is 13.9 Å². The molecule has 0 saturated carbocycles. The van der Waals surface area contributed by atoms with Crippen LogP contribution in [-0.4, -0.2) is 49.0 Å². The summed E-state index contributed by atoms with van der Waals surface area (Å²) in [7, 11) is 7.13. The summed E-state index contributed by atoms with van der Waals surface area (Å²) in [6.07, 6.45) is 1.90. The highest BCUT2D eigenvalue weighted by atomic mass is 16.5. The van der Waals surface area contributed by atoms with Crippen LogP contribution < -0.4 is 9.47 Å². The third-order valence-electron chi connectivity index (χ3n) is 5.04. The van der Waals surface area contributed by atoms with Crippen LogP contribution in [0, 0.1) is 0 Å². The van der Waals surface area contributed by atoms with Gasteiger partial charge in [-0.3, -0.25) is 4.79 Å². The second kappa shape index (κ2) is 9.20. The van der Waals surface area contributed by atoms with Gasteiger partial charge in [0, 0.05) is 30.8 Å². The molecular formula is C25H25N3O4. The maximum atomic E-state index is 13.1. The van der Waals surface area contributed by atoms with Gasteiger partial charge in [0.25, 0.3) is 0 Å². The summed E-state index contributed by atoms with van der Waals surface area (Å²) in [6.45, 7) is 0.722. The molecular weight excluding hydrogens is 406 g/mol. The minimum absolute atomic E-state index is 0.0447. The van der Waals surface area contributed by atoms with Crippen LogP contribution in [0.4, 0.5) is 0 Å². The molecule has 2 aromatic heterocycles. The largest absolute Gasteiger partial charge is 0.497 e. The molecule has 0 aliphatic rings. The first kappa shape index (κ1) is 21.5. The number of rotatable bonds is 8. The Labute approximate surface area is 186 Å². The molecule has 4 aromatic rings. The average molecular weight is 431 g/mol. The normalized spacial score (nSPS) is 11.2. The minimum Gasteiger partial charge on any atom is -0.497 e. The molecule has 164 valence electrons. The van der Waals surface area contributed by atoms with E-state index >= 15 is 0 Å². The SMILES string of the molecule is COc1ccc(C(=O)Cc2cc(CN(C)C)cc(-c3nc4ncccc4o3)c2)c(OC)c1. The van der Waals surface area contributed by atoms with Crippen LogP contribution in [0.1, 0.15) is 21.5 Å². The van der Waals surface area contributed by atoms with Crippen LogP contribution in [0.3, 0.4) is 0 Å². The second-order valence-electron chi connectivity index (χ2n) is 7.79. The summed E-state index contributed by atoms with van der Waals surface area (Å²) in [5.74, 6) is 1.56. The summed E-state index contributed by atoms with van der Waals surface area (Å²) in [5, 5.41) is 0. The van der Waals surface area contributed by atoms with Crippen molar-refractivity contribution in [2.45, 2.75) is 13.0 Å². The van der Waals surface area contributed by atoms with Gasteiger partial charge < -0.3 is 18.8 Å². The standard InChI is InChI=1S/C25H25N3O4/c1-28(2)15-17-10-16(13-21(29)20-8-7-19(30-3)14-23(20)31-4)11-18(12-17)25-27-24-22(32-25)6-5-9-26-24/h5-12,14H,13,15H2,1-4H3. The van der Waals surface area contributed by atoms with E-state index in [9.17, 15) is 4.79 Å². The number of nitrogens with zero attached hydrogens (tertiary/aromatic N) is 3. The second-order valence-corrected chi connectivity index (χ2v) is 7.79. The molecule has 0 spiro atoms. The van der Waals surface area contributed by atoms with E-state index in [2.05, 4.69) is 14.9 Å². The number of pyridine rings is 1. The van der Waals surface area contributed by atoms with Crippen molar-refractivity contribution in [1.82, 2.24) is 14.9 Å². The van der Waals surface area contributed by atoms with Gasteiger partial charge in [-0.15, -0.1) is 0 Å². The molecule has 7 heteroatoms. The van der Waals surface area contributed by atoms with Crippen LogP contribution in [-0.2, 0) is 13.0 Å². The van der Waals surface area contributed by atoms with E-state index in [1.807, 2.05) is 44.4 Å². The molecule has 0 N–H and O–H groups in total. The number of methoxy groups -OCH3 is 2. The highest BCUT2D eigenvalue weighted by Gasteiger charge is 2.17. The number of hydrogen-bond donors (Lipinski definition) is 0. The minimum atomic E-state index is -0.0447. The fourth-order valence-corrected chi connectivity index (χ4v) is 3.65. The van der Waals surface area contributed by atoms with Crippen LogP contribution in [0.25, 0.3) is 22.7 Å². The summed E-state index contributed by atoms with van der Waals surface area (Å²) >= 11 is 0. The molecule has 7 nitrogen and oxygen atoms in total. The Balaban J connectivity index is 1.70. The molecule has 0 unspecified atom stereocenters. The van der Waals surface area contributed by atoms with Gasteiger partial charge in [0.2, 0.25) is 5.89 Å². The molecule has 0 radical (unpaired) electrons. The number of aromatic nitrogens is 2. The van der Waals surface area contributed by atoms with E-state index in [0.29, 0.717) is 34.2 Å². The van der Waals surface area contributed by atoms with Crippen LogP contribution in [0.2, 0.25) is 0 Å². The van der Waals surface area contributed by atoms with E-state index in [1.165, 1.54) is 0 Å².